The fraction of sp³-hybridized carbons (Fsp3) is 0.750. The van der Waals surface area contributed by atoms with E-state index in [-0.39, 0.29) is 37.1 Å². The predicted octanol–water partition coefficient (Wildman–Crippen LogP) is 0.0818. The highest BCUT2D eigenvalue weighted by Gasteiger charge is 2.38. The summed E-state index contributed by atoms with van der Waals surface area (Å²) in [5.74, 6) is -0.488. The first-order valence-corrected chi connectivity index (χ1v) is 6.15. The minimum Gasteiger partial charge on any atom is -0.481 e. The summed E-state index contributed by atoms with van der Waals surface area (Å²) >= 11 is 0. The monoisotopic (exact) mass is 256 g/mol. The number of hydrogen-bond acceptors (Lipinski definition) is 3. The predicted molar refractivity (Wildman–Crippen MR) is 64.8 cm³/mol. The number of aliphatic carboxylic acids is 1. The lowest BCUT2D eigenvalue weighted by molar-refractivity contribution is -0.138. The Bertz CT molecular complexity index is 343. The number of nitrogens with one attached hydrogen (secondary N) is 1. The van der Waals surface area contributed by atoms with Gasteiger partial charge >= 0.3 is 5.97 Å². The fourth-order valence-electron chi connectivity index (χ4n) is 1.69. The van der Waals surface area contributed by atoms with Crippen LogP contribution in [0, 0.1) is 11.8 Å². The molecule has 1 saturated carbocycles. The van der Waals surface area contributed by atoms with Crippen LogP contribution in [0.3, 0.4) is 0 Å². The third-order valence-electron chi connectivity index (χ3n) is 3.17. The molecule has 0 saturated heterocycles. The van der Waals surface area contributed by atoms with E-state index in [9.17, 15) is 14.4 Å². The third-order valence-corrected chi connectivity index (χ3v) is 3.17. The highest BCUT2D eigenvalue weighted by molar-refractivity contribution is 5.82. The van der Waals surface area contributed by atoms with Crippen molar-refractivity contribution >= 4 is 17.8 Å². The quantitative estimate of drug-likeness (QED) is 0.675. The molecule has 0 heterocycles. The zero-order valence-electron chi connectivity index (χ0n) is 10.8. The Kier molecular flexibility index (Phi) is 5.12. The number of carbonyl (C=O) groups is 3. The topological polar surface area (TPSA) is 86.7 Å². The average molecular weight is 256 g/mol. The van der Waals surface area contributed by atoms with Gasteiger partial charge in [0.15, 0.2) is 0 Å². The van der Waals surface area contributed by atoms with Crippen molar-refractivity contribution in [2.24, 2.45) is 11.8 Å². The average Bonchev–Trinajstić information content (AvgIpc) is 3.02. The Balaban J connectivity index is 2.12. The van der Waals surface area contributed by atoms with Crippen LogP contribution in [0.5, 0.6) is 0 Å². The van der Waals surface area contributed by atoms with E-state index in [1.54, 1.807) is 7.05 Å². The van der Waals surface area contributed by atoms with E-state index in [0.29, 0.717) is 12.5 Å². The van der Waals surface area contributed by atoms with E-state index in [1.165, 1.54) is 4.90 Å². The molecule has 1 rings (SSSR count). The van der Waals surface area contributed by atoms with Crippen LogP contribution in [0.4, 0.5) is 0 Å². The SMILES string of the molecule is CC1CC1C(=O)NCCC(=O)N(C)CCC(=O)O. The number of nitrogens with zero attached hydrogens (tertiary/aromatic N) is 1. The Morgan fingerprint density at radius 3 is 2.44 bits per heavy atom. The van der Waals surface area contributed by atoms with Crippen LogP contribution in [0.25, 0.3) is 0 Å². The van der Waals surface area contributed by atoms with Crippen LogP contribution in [0.2, 0.25) is 0 Å². The Morgan fingerprint density at radius 2 is 1.94 bits per heavy atom. The van der Waals surface area contributed by atoms with Gasteiger partial charge in [-0.2, -0.15) is 0 Å². The molecule has 2 atom stereocenters. The molecule has 0 spiro atoms. The van der Waals surface area contributed by atoms with E-state index in [0.717, 1.165) is 6.42 Å². The van der Waals surface area contributed by atoms with Gasteiger partial charge in [0.05, 0.1) is 6.42 Å². The van der Waals surface area contributed by atoms with E-state index >= 15 is 0 Å². The highest BCUT2D eigenvalue weighted by Crippen LogP contribution is 2.37. The van der Waals surface area contributed by atoms with E-state index < -0.39 is 5.97 Å². The molecule has 18 heavy (non-hydrogen) atoms. The molecule has 6 heteroatoms. The number of rotatable bonds is 7. The van der Waals surface area contributed by atoms with Gasteiger partial charge in [0.1, 0.15) is 0 Å². The van der Waals surface area contributed by atoms with Crippen LogP contribution >= 0.6 is 0 Å². The lowest BCUT2D eigenvalue weighted by Gasteiger charge is -2.16. The molecule has 0 radical (unpaired) electrons. The van der Waals surface area contributed by atoms with Gasteiger partial charge in [-0.3, -0.25) is 14.4 Å². The Labute approximate surface area is 106 Å². The number of amides is 2. The van der Waals surface area contributed by atoms with Crippen molar-refractivity contribution < 1.29 is 19.5 Å². The lowest BCUT2D eigenvalue weighted by atomic mass is 10.3. The summed E-state index contributed by atoms with van der Waals surface area (Å²) in [4.78, 5) is 34.8. The van der Waals surface area contributed by atoms with Gasteiger partial charge in [-0.1, -0.05) is 6.92 Å². The second kappa shape index (κ2) is 6.37. The Hall–Kier alpha value is -1.59. The molecule has 0 aromatic heterocycles. The van der Waals surface area contributed by atoms with Crippen LogP contribution < -0.4 is 5.32 Å². The molecule has 0 aromatic rings. The van der Waals surface area contributed by atoms with Gasteiger partial charge in [0.2, 0.25) is 11.8 Å². The van der Waals surface area contributed by atoms with Crippen LogP contribution in [-0.4, -0.2) is 47.9 Å². The molecular formula is C12H20N2O4. The van der Waals surface area contributed by atoms with Crippen molar-refractivity contribution in [1.82, 2.24) is 10.2 Å². The smallest absolute Gasteiger partial charge is 0.305 e. The first-order valence-electron chi connectivity index (χ1n) is 6.15. The third kappa shape index (κ3) is 4.73. The van der Waals surface area contributed by atoms with Crippen molar-refractivity contribution in [1.29, 1.82) is 0 Å². The largest absolute Gasteiger partial charge is 0.481 e. The first kappa shape index (κ1) is 14.5. The molecule has 1 aliphatic carbocycles. The van der Waals surface area contributed by atoms with Gasteiger partial charge in [-0.15, -0.1) is 0 Å². The van der Waals surface area contributed by atoms with E-state index in [1.807, 2.05) is 6.92 Å². The van der Waals surface area contributed by atoms with Crippen LogP contribution in [-0.2, 0) is 14.4 Å². The van der Waals surface area contributed by atoms with Crippen molar-refractivity contribution in [2.75, 3.05) is 20.1 Å². The van der Waals surface area contributed by atoms with Crippen molar-refractivity contribution in [2.45, 2.75) is 26.2 Å². The first-order chi connectivity index (χ1) is 8.41. The van der Waals surface area contributed by atoms with E-state index in [4.69, 9.17) is 5.11 Å². The lowest BCUT2D eigenvalue weighted by Crippen LogP contribution is -2.33. The highest BCUT2D eigenvalue weighted by atomic mass is 16.4. The number of carboxylic acid groups (broad SMARTS) is 1. The maximum absolute atomic E-state index is 11.6. The molecule has 1 fully saturated rings. The molecule has 0 aromatic carbocycles. The molecule has 2 amide bonds. The van der Waals surface area contributed by atoms with Crippen molar-refractivity contribution in [3.8, 4) is 0 Å². The second-order valence-electron chi connectivity index (χ2n) is 4.82. The summed E-state index contributed by atoms with van der Waals surface area (Å²) in [5, 5.41) is 11.2. The maximum atomic E-state index is 11.6. The summed E-state index contributed by atoms with van der Waals surface area (Å²) < 4.78 is 0. The second-order valence-corrected chi connectivity index (χ2v) is 4.82. The molecule has 0 aliphatic heterocycles. The van der Waals surface area contributed by atoms with Gasteiger partial charge in [0, 0.05) is 32.5 Å². The summed E-state index contributed by atoms with van der Waals surface area (Å²) in [5.41, 5.74) is 0. The fourth-order valence-corrected chi connectivity index (χ4v) is 1.69. The van der Waals surface area contributed by atoms with Crippen molar-refractivity contribution in [3.05, 3.63) is 0 Å². The summed E-state index contributed by atoms with van der Waals surface area (Å²) in [6.45, 7) is 2.54. The molecule has 2 N–H and O–H groups in total. The molecular weight excluding hydrogens is 236 g/mol. The molecule has 1 aliphatic rings. The minimum atomic E-state index is -0.925. The maximum Gasteiger partial charge on any atom is 0.305 e. The molecule has 0 bridgehead atoms. The summed E-state index contributed by atoms with van der Waals surface area (Å²) in [6.07, 6.45) is 1.08. The Morgan fingerprint density at radius 1 is 1.33 bits per heavy atom. The number of hydrogen-bond donors (Lipinski definition) is 2. The zero-order chi connectivity index (χ0) is 13.7. The van der Waals surface area contributed by atoms with Gasteiger partial charge in [0.25, 0.3) is 0 Å². The summed E-state index contributed by atoms with van der Waals surface area (Å²) in [7, 11) is 1.57. The van der Waals surface area contributed by atoms with Crippen LogP contribution in [0.15, 0.2) is 0 Å². The molecule has 102 valence electrons. The standard InChI is InChI=1S/C12H20N2O4/c1-8-7-9(8)12(18)13-5-3-10(15)14(2)6-4-11(16)17/h8-9H,3-7H2,1-2H3,(H,13,18)(H,16,17). The van der Waals surface area contributed by atoms with Crippen molar-refractivity contribution in [3.63, 3.8) is 0 Å². The zero-order valence-corrected chi connectivity index (χ0v) is 10.8. The normalized spacial score (nSPS) is 21.2. The van der Waals surface area contributed by atoms with Gasteiger partial charge < -0.3 is 15.3 Å². The number of carboxylic acids is 1. The molecule has 2 unspecified atom stereocenters. The number of carbonyl (C=O) groups excluding carboxylic acids is 2. The van der Waals surface area contributed by atoms with Crippen LogP contribution in [0.1, 0.15) is 26.2 Å². The molecule has 6 nitrogen and oxygen atoms in total. The minimum absolute atomic E-state index is 0.0171. The summed E-state index contributed by atoms with van der Waals surface area (Å²) in [6, 6.07) is 0. The van der Waals surface area contributed by atoms with E-state index in [2.05, 4.69) is 5.32 Å². The van der Waals surface area contributed by atoms with Gasteiger partial charge in [-0.05, 0) is 12.3 Å². The van der Waals surface area contributed by atoms with Gasteiger partial charge in [-0.25, -0.2) is 0 Å².